The fourth-order valence-electron chi connectivity index (χ4n) is 3.14. The molecule has 1 saturated heterocycles. The number of benzene rings is 2. The first kappa shape index (κ1) is 19.4. The first-order valence-corrected chi connectivity index (χ1v) is 9.03. The molecule has 0 saturated carbocycles. The molecule has 1 aliphatic rings. The van der Waals surface area contributed by atoms with E-state index in [0.717, 1.165) is 17.3 Å². The molecule has 7 heteroatoms. The summed E-state index contributed by atoms with van der Waals surface area (Å²) in [6.45, 7) is 0.807. The zero-order valence-electron chi connectivity index (χ0n) is 15.3. The van der Waals surface area contributed by atoms with Crippen molar-refractivity contribution in [3.63, 3.8) is 0 Å². The summed E-state index contributed by atoms with van der Waals surface area (Å²) in [6.07, 6.45) is 0.466. The van der Waals surface area contributed by atoms with Gasteiger partial charge in [-0.25, -0.2) is 4.79 Å². The predicted octanol–water partition coefficient (Wildman–Crippen LogP) is 4.24. The first-order chi connectivity index (χ1) is 13.7. The fraction of sp³-hybridized carbons (Fsp3) is 0.286. The SMILES string of the molecule is N#[N+]/C=C(\O)[C@@H]1C[C@@H](OCc2ccccc2)CN1C(=O)OCc1ccccc1. The lowest BCUT2D eigenvalue weighted by molar-refractivity contribution is 0.0431. The quantitative estimate of drug-likeness (QED) is 0.598. The van der Waals surface area contributed by atoms with Gasteiger partial charge in [-0.1, -0.05) is 60.7 Å². The van der Waals surface area contributed by atoms with E-state index < -0.39 is 12.1 Å². The van der Waals surface area contributed by atoms with Gasteiger partial charge in [0.25, 0.3) is 0 Å². The second-order valence-corrected chi connectivity index (χ2v) is 6.53. The molecule has 1 fully saturated rings. The van der Waals surface area contributed by atoms with E-state index in [4.69, 9.17) is 14.9 Å². The smallest absolute Gasteiger partial charge is 0.410 e. The summed E-state index contributed by atoms with van der Waals surface area (Å²) in [7, 11) is 0. The number of amides is 1. The maximum absolute atomic E-state index is 12.6. The van der Waals surface area contributed by atoms with Gasteiger partial charge in [-0.15, -0.1) is 0 Å². The average Bonchev–Trinajstić information content (AvgIpc) is 3.17. The van der Waals surface area contributed by atoms with Crippen molar-refractivity contribution in [1.29, 1.82) is 5.39 Å². The van der Waals surface area contributed by atoms with Crippen LogP contribution in [0.15, 0.2) is 72.6 Å². The third kappa shape index (κ3) is 5.09. The Labute approximate surface area is 163 Å². The van der Waals surface area contributed by atoms with Crippen LogP contribution in [0.4, 0.5) is 4.79 Å². The summed E-state index contributed by atoms with van der Waals surface area (Å²) in [5, 5.41) is 18.9. The van der Waals surface area contributed by atoms with E-state index >= 15 is 0 Å². The molecule has 0 unspecified atom stereocenters. The highest BCUT2D eigenvalue weighted by Gasteiger charge is 2.40. The summed E-state index contributed by atoms with van der Waals surface area (Å²) in [4.78, 5) is 16.8. The van der Waals surface area contributed by atoms with E-state index in [1.807, 2.05) is 60.7 Å². The van der Waals surface area contributed by atoms with Gasteiger partial charge in [-0.2, -0.15) is 0 Å². The van der Waals surface area contributed by atoms with Gasteiger partial charge in [0, 0.05) is 6.42 Å². The Morgan fingerprint density at radius 2 is 1.71 bits per heavy atom. The van der Waals surface area contributed by atoms with E-state index in [-0.39, 0.29) is 25.0 Å². The lowest BCUT2D eigenvalue weighted by Gasteiger charge is -2.21. The summed E-state index contributed by atoms with van der Waals surface area (Å²) >= 11 is 0. The number of aliphatic hydroxyl groups is 1. The number of rotatable bonds is 6. The van der Waals surface area contributed by atoms with Crippen molar-refractivity contribution in [2.45, 2.75) is 31.8 Å². The molecule has 2 atom stereocenters. The lowest BCUT2D eigenvalue weighted by Crippen LogP contribution is -2.37. The molecule has 1 aliphatic heterocycles. The van der Waals surface area contributed by atoms with E-state index in [1.54, 1.807) is 0 Å². The Morgan fingerprint density at radius 1 is 1.11 bits per heavy atom. The second-order valence-electron chi connectivity index (χ2n) is 6.53. The molecule has 0 radical (unpaired) electrons. The molecular weight excluding hydrogens is 358 g/mol. The molecule has 1 N–H and O–H groups in total. The third-order valence-corrected chi connectivity index (χ3v) is 4.56. The Hall–Kier alpha value is -3.37. The van der Waals surface area contributed by atoms with Crippen LogP contribution in [0, 0.1) is 5.39 Å². The van der Waals surface area contributed by atoms with Gasteiger partial charge in [0.15, 0.2) is 4.98 Å². The zero-order chi connectivity index (χ0) is 19.8. The average molecular weight is 380 g/mol. The van der Waals surface area contributed by atoms with Gasteiger partial charge < -0.3 is 14.6 Å². The number of hydrogen-bond acceptors (Lipinski definition) is 5. The van der Waals surface area contributed by atoms with Crippen LogP contribution >= 0.6 is 0 Å². The number of carbonyl (C=O) groups excluding carboxylic acids is 1. The van der Waals surface area contributed by atoms with Gasteiger partial charge in [0.2, 0.25) is 11.2 Å². The topological polar surface area (TPSA) is 87.2 Å². The summed E-state index contributed by atoms with van der Waals surface area (Å²) in [5.74, 6) is -0.218. The second kappa shape index (κ2) is 9.53. The molecule has 1 heterocycles. The van der Waals surface area contributed by atoms with Crippen LogP contribution in [0.25, 0.3) is 4.98 Å². The minimum Gasteiger partial charge on any atom is -0.504 e. The van der Waals surface area contributed by atoms with E-state index in [9.17, 15) is 9.90 Å². The number of nitrogens with zero attached hydrogens (tertiary/aromatic N) is 3. The van der Waals surface area contributed by atoms with Crippen LogP contribution in [0.3, 0.4) is 0 Å². The zero-order valence-corrected chi connectivity index (χ0v) is 15.3. The minimum absolute atomic E-state index is 0.132. The number of likely N-dealkylation sites (tertiary alicyclic amines) is 1. The summed E-state index contributed by atoms with van der Waals surface area (Å²) in [6, 6.07) is 18.4. The first-order valence-electron chi connectivity index (χ1n) is 9.03. The van der Waals surface area contributed by atoms with Crippen LogP contribution < -0.4 is 0 Å². The van der Waals surface area contributed by atoms with Crippen molar-refractivity contribution in [2.75, 3.05) is 6.54 Å². The highest BCUT2D eigenvalue weighted by molar-refractivity contribution is 5.69. The van der Waals surface area contributed by atoms with Crippen molar-refractivity contribution in [2.24, 2.45) is 0 Å². The van der Waals surface area contributed by atoms with Gasteiger partial charge >= 0.3 is 12.3 Å². The van der Waals surface area contributed by atoms with Crippen molar-refractivity contribution in [3.8, 4) is 0 Å². The van der Waals surface area contributed by atoms with Crippen molar-refractivity contribution < 1.29 is 19.4 Å². The van der Waals surface area contributed by atoms with Crippen molar-refractivity contribution in [1.82, 2.24) is 4.90 Å². The molecule has 144 valence electrons. The van der Waals surface area contributed by atoms with Gasteiger partial charge in [-0.3, -0.25) is 4.90 Å². The normalized spacial score (nSPS) is 19.2. The largest absolute Gasteiger partial charge is 0.504 e. The van der Waals surface area contributed by atoms with Crippen LogP contribution in [-0.4, -0.2) is 34.8 Å². The molecule has 2 aromatic rings. The molecule has 28 heavy (non-hydrogen) atoms. The van der Waals surface area contributed by atoms with Crippen LogP contribution in [0.5, 0.6) is 0 Å². The monoisotopic (exact) mass is 380 g/mol. The van der Waals surface area contributed by atoms with Gasteiger partial charge in [-0.05, 0) is 11.1 Å². The molecule has 0 aliphatic carbocycles. The van der Waals surface area contributed by atoms with E-state index in [2.05, 4.69) is 4.98 Å². The Bertz CT molecular complexity index is 849. The van der Waals surface area contributed by atoms with Gasteiger partial charge in [0.05, 0.1) is 19.3 Å². The van der Waals surface area contributed by atoms with Crippen molar-refractivity contribution in [3.05, 3.63) is 88.7 Å². The molecule has 7 nitrogen and oxygen atoms in total. The molecule has 0 spiro atoms. The summed E-state index contributed by atoms with van der Waals surface area (Å²) in [5.41, 5.74) is 1.89. The lowest BCUT2D eigenvalue weighted by atomic mass is 10.1. The van der Waals surface area contributed by atoms with Crippen molar-refractivity contribution >= 4 is 6.09 Å². The molecule has 3 rings (SSSR count). The van der Waals surface area contributed by atoms with Crippen LogP contribution in [0.1, 0.15) is 17.5 Å². The van der Waals surface area contributed by atoms with Crippen LogP contribution in [0.2, 0.25) is 0 Å². The Balaban J connectivity index is 1.63. The highest BCUT2D eigenvalue weighted by Crippen LogP contribution is 2.27. The highest BCUT2D eigenvalue weighted by atomic mass is 16.6. The predicted molar refractivity (Wildman–Crippen MR) is 103 cm³/mol. The third-order valence-electron chi connectivity index (χ3n) is 4.56. The molecular formula is C21H22N3O4+. The maximum atomic E-state index is 12.6. The van der Waals surface area contributed by atoms with E-state index in [0.29, 0.717) is 13.0 Å². The number of diazo groups is 1. The molecule has 2 aromatic carbocycles. The Morgan fingerprint density at radius 3 is 2.32 bits per heavy atom. The Kier molecular flexibility index (Phi) is 6.60. The number of carbonyl (C=O) groups is 1. The summed E-state index contributed by atoms with van der Waals surface area (Å²) < 4.78 is 11.3. The minimum atomic E-state index is -0.667. The number of ether oxygens (including phenoxy) is 2. The molecule has 1 amide bonds. The maximum Gasteiger partial charge on any atom is 0.410 e. The fourth-order valence-corrected chi connectivity index (χ4v) is 3.14. The van der Waals surface area contributed by atoms with Gasteiger partial charge in [0.1, 0.15) is 12.6 Å². The standard InChI is InChI=1S/C21H21N3O4/c22-23-12-20(25)19-11-18(27-14-16-7-3-1-4-8-16)13-24(19)21(26)28-15-17-9-5-2-6-10-17/h1-10,12,18-19H,11,13-15H2/p+1/b20-12-/t18-,19+/m1/s1. The number of hydrogen-bond donors (Lipinski definition) is 1. The molecule has 0 bridgehead atoms. The number of aliphatic hydroxyl groups excluding tert-OH is 1. The van der Waals surface area contributed by atoms with Crippen LogP contribution in [-0.2, 0) is 22.7 Å². The van der Waals surface area contributed by atoms with E-state index in [1.165, 1.54) is 4.90 Å². The molecule has 0 aromatic heterocycles.